The van der Waals surface area contributed by atoms with Crippen LogP contribution in [0.2, 0.25) is 0 Å². The van der Waals surface area contributed by atoms with Gasteiger partial charge in [0.15, 0.2) is 0 Å². The molecule has 4 aromatic rings. The standard InChI is InChI=1S/C27H22N2O3S/c1-17-13-22(18(2)29(17)23-9-11-24(30)12-10-23)15-25-26(31)28(27(32)33-25)16-19-7-8-20-5-3-4-6-21(20)14-19/h3-15,30H,16H2,1-2H3/b25-15-. The molecule has 0 saturated carbocycles. The topological polar surface area (TPSA) is 62.5 Å². The van der Waals surface area contributed by atoms with Crippen molar-refractivity contribution in [2.75, 3.05) is 0 Å². The van der Waals surface area contributed by atoms with Gasteiger partial charge in [0.05, 0.1) is 11.4 Å². The molecule has 6 heteroatoms. The number of hydrogen-bond donors (Lipinski definition) is 1. The van der Waals surface area contributed by atoms with Crippen molar-refractivity contribution in [3.63, 3.8) is 0 Å². The lowest BCUT2D eigenvalue weighted by atomic mass is 10.1. The molecule has 0 unspecified atom stereocenters. The highest BCUT2D eigenvalue weighted by molar-refractivity contribution is 8.18. The molecule has 1 fully saturated rings. The molecule has 1 aliphatic rings. The predicted octanol–water partition coefficient (Wildman–Crippen LogP) is 6.19. The molecule has 0 bridgehead atoms. The van der Waals surface area contributed by atoms with E-state index in [1.54, 1.807) is 18.2 Å². The second-order valence-electron chi connectivity index (χ2n) is 8.13. The van der Waals surface area contributed by atoms with Crippen molar-refractivity contribution in [3.05, 3.63) is 100 Å². The van der Waals surface area contributed by atoms with E-state index < -0.39 is 0 Å². The van der Waals surface area contributed by atoms with E-state index in [1.165, 1.54) is 4.90 Å². The number of rotatable bonds is 4. The fraction of sp³-hybridized carbons (Fsp3) is 0.111. The monoisotopic (exact) mass is 454 g/mol. The molecule has 2 amide bonds. The van der Waals surface area contributed by atoms with E-state index >= 15 is 0 Å². The lowest BCUT2D eigenvalue weighted by molar-refractivity contribution is -0.123. The van der Waals surface area contributed by atoms with Crippen molar-refractivity contribution >= 4 is 39.8 Å². The smallest absolute Gasteiger partial charge is 0.293 e. The Morgan fingerprint density at radius 3 is 2.39 bits per heavy atom. The Bertz CT molecular complexity index is 1430. The number of phenolic OH excluding ortho intramolecular Hbond substituents is 1. The first kappa shape index (κ1) is 21.1. The molecule has 1 aliphatic heterocycles. The SMILES string of the molecule is Cc1cc(/C=C2\SC(=O)N(Cc3ccc4ccccc4c3)C2=O)c(C)n1-c1ccc(O)cc1. The van der Waals surface area contributed by atoms with Gasteiger partial charge in [-0.15, -0.1) is 0 Å². The second-order valence-corrected chi connectivity index (χ2v) is 9.12. The molecule has 5 nitrogen and oxygen atoms in total. The fourth-order valence-electron chi connectivity index (χ4n) is 4.23. The molecule has 0 radical (unpaired) electrons. The highest BCUT2D eigenvalue weighted by atomic mass is 32.2. The number of nitrogens with zero attached hydrogens (tertiary/aromatic N) is 2. The Kier molecular flexibility index (Phi) is 5.30. The largest absolute Gasteiger partial charge is 0.508 e. The van der Waals surface area contributed by atoms with Crippen LogP contribution < -0.4 is 0 Å². The van der Waals surface area contributed by atoms with Gasteiger partial charge in [-0.3, -0.25) is 14.5 Å². The molecule has 1 N–H and O–H groups in total. The van der Waals surface area contributed by atoms with Gasteiger partial charge in [0, 0.05) is 17.1 Å². The Balaban J connectivity index is 1.42. The zero-order valence-corrected chi connectivity index (χ0v) is 19.1. The van der Waals surface area contributed by atoms with E-state index in [2.05, 4.69) is 4.57 Å². The third-order valence-corrected chi connectivity index (χ3v) is 6.80. The van der Waals surface area contributed by atoms with Crippen molar-refractivity contribution in [3.8, 4) is 11.4 Å². The van der Waals surface area contributed by atoms with E-state index in [9.17, 15) is 14.7 Å². The molecule has 164 valence electrons. The molecule has 0 aliphatic carbocycles. The summed E-state index contributed by atoms with van der Waals surface area (Å²) in [5.74, 6) is -0.0610. The van der Waals surface area contributed by atoms with Crippen molar-refractivity contribution < 1.29 is 14.7 Å². The number of carbonyl (C=O) groups is 2. The van der Waals surface area contributed by atoms with Gasteiger partial charge in [-0.2, -0.15) is 0 Å². The van der Waals surface area contributed by atoms with E-state index in [4.69, 9.17) is 0 Å². The minimum absolute atomic E-state index is 0.210. The van der Waals surface area contributed by atoms with Crippen molar-refractivity contribution in [2.24, 2.45) is 0 Å². The highest BCUT2D eigenvalue weighted by Gasteiger charge is 2.35. The van der Waals surface area contributed by atoms with Crippen LogP contribution in [0.5, 0.6) is 5.75 Å². The minimum atomic E-state index is -0.271. The number of carbonyl (C=O) groups excluding carboxylic acids is 2. The molecule has 2 heterocycles. The summed E-state index contributed by atoms with van der Waals surface area (Å²) >= 11 is 0.977. The van der Waals surface area contributed by atoms with Gasteiger partial charge in [0.2, 0.25) is 0 Å². The molecule has 0 atom stereocenters. The maximum absolute atomic E-state index is 13.1. The summed E-state index contributed by atoms with van der Waals surface area (Å²) < 4.78 is 2.06. The number of thioether (sulfide) groups is 1. The van der Waals surface area contributed by atoms with Crippen molar-refractivity contribution in [1.29, 1.82) is 0 Å². The molecular weight excluding hydrogens is 432 g/mol. The van der Waals surface area contributed by atoms with E-state index in [0.717, 1.165) is 50.7 Å². The van der Waals surface area contributed by atoms with Crippen LogP contribution in [0.4, 0.5) is 4.79 Å². The summed E-state index contributed by atoms with van der Waals surface area (Å²) in [6.45, 7) is 4.22. The first-order chi connectivity index (χ1) is 15.9. The summed E-state index contributed by atoms with van der Waals surface area (Å²) in [5.41, 5.74) is 4.69. The first-order valence-electron chi connectivity index (χ1n) is 10.6. The molecule has 0 spiro atoms. The molecule has 1 saturated heterocycles. The van der Waals surface area contributed by atoms with Gasteiger partial charge in [-0.25, -0.2) is 0 Å². The predicted molar refractivity (Wildman–Crippen MR) is 132 cm³/mol. The molecular formula is C27H22N2O3S. The van der Waals surface area contributed by atoms with Crippen LogP contribution in [0.3, 0.4) is 0 Å². The number of benzene rings is 3. The summed E-state index contributed by atoms with van der Waals surface area (Å²) in [5, 5.41) is 11.5. The average molecular weight is 455 g/mol. The lowest BCUT2D eigenvalue weighted by Gasteiger charge is -2.13. The van der Waals surface area contributed by atoms with Crippen LogP contribution in [-0.2, 0) is 11.3 Å². The van der Waals surface area contributed by atoms with Crippen LogP contribution in [0.25, 0.3) is 22.5 Å². The van der Waals surface area contributed by atoms with Crippen LogP contribution in [0.15, 0.2) is 77.7 Å². The van der Waals surface area contributed by atoms with Gasteiger partial charge in [-0.1, -0.05) is 36.4 Å². The number of aryl methyl sites for hydroxylation is 1. The summed E-state index contributed by atoms with van der Waals surface area (Å²) in [7, 11) is 0. The summed E-state index contributed by atoms with van der Waals surface area (Å²) in [4.78, 5) is 27.5. The summed E-state index contributed by atoms with van der Waals surface area (Å²) in [6, 6.07) is 23.0. The number of amides is 2. The Morgan fingerprint density at radius 2 is 1.64 bits per heavy atom. The van der Waals surface area contributed by atoms with E-state index in [-0.39, 0.29) is 23.4 Å². The third kappa shape index (κ3) is 3.94. The first-order valence-corrected chi connectivity index (χ1v) is 11.4. The number of fused-ring (bicyclic) bond motifs is 1. The number of phenols is 1. The maximum Gasteiger partial charge on any atom is 0.293 e. The van der Waals surface area contributed by atoms with Gasteiger partial charge in [-0.05, 0) is 90.0 Å². The minimum Gasteiger partial charge on any atom is -0.508 e. The fourth-order valence-corrected chi connectivity index (χ4v) is 5.06. The Hall–Kier alpha value is -3.77. The highest BCUT2D eigenvalue weighted by Crippen LogP contribution is 2.35. The van der Waals surface area contributed by atoms with Crippen LogP contribution in [-0.4, -0.2) is 25.7 Å². The zero-order chi connectivity index (χ0) is 23.1. The van der Waals surface area contributed by atoms with Crippen LogP contribution >= 0.6 is 11.8 Å². The van der Waals surface area contributed by atoms with E-state index in [1.807, 2.05) is 74.5 Å². The van der Waals surface area contributed by atoms with Gasteiger partial charge in [0.25, 0.3) is 11.1 Å². The average Bonchev–Trinajstić information content (AvgIpc) is 3.23. The molecule has 33 heavy (non-hydrogen) atoms. The maximum atomic E-state index is 13.1. The normalized spacial score (nSPS) is 15.2. The van der Waals surface area contributed by atoms with Crippen molar-refractivity contribution in [1.82, 2.24) is 9.47 Å². The van der Waals surface area contributed by atoms with Crippen molar-refractivity contribution in [2.45, 2.75) is 20.4 Å². The number of hydrogen-bond acceptors (Lipinski definition) is 4. The third-order valence-electron chi connectivity index (χ3n) is 5.89. The summed E-state index contributed by atoms with van der Waals surface area (Å²) in [6.07, 6.45) is 1.80. The molecule has 1 aromatic heterocycles. The molecule has 3 aromatic carbocycles. The Labute approximate surface area is 196 Å². The van der Waals surface area contributed by atoms with Crippen LogP contribution in [0.1, 0.15) is 22.5 Å². The molecule has 5 rings (SSSR count). The van der Waals surface area contributed by atoms with Gasteiger partial charge < -0.3 is 9.67 Å². The van der Waals surface area contributed by atoms with Gasteiger partial charge >= 0.3 is 0 Å². The number of aromatic hydroxyl groups is 1. The zero-order valence-electron chi connectivity index (χ0n) is 18.3. The Morgan fingerprint density at radius 1 is 0.909 bits per heavy atom. The number of aromatic nitrogens is 1. The second kappa shape index (κ2) is 8.30. The number of imide groups is 1. The lowest BCUT2D eigenvalue weighted by Crippen LogP contribution is -2.27. The quantitative estimate of drug-likeness (QED) is 0.374. The van der Waals surface area contributed by atoms with E-state index in [0.29, 0.717) is 4.91 Å². The van der Waals surface area contributed by atoms with Gasteiger partial charge in [0.1, 0.15) is 5.75 Å². The van der Waals surface area contributed by atoms with Crippen LogP contribution in [0, 0.1) is 13.8 Å².